The zero-order chi connectivity index (χ0) is 21.3. The molecule has 0 atom stereocenters. The van der Waals surface area contributed by atoms with E-state index in [1.54, 1.807) is 0 Å². The van der Waals surface area contributed by atoms with Crippen molar-refractivity contribution in [2.24, 2.45) is 0 Å². The van der Waals surface area contributed by atoms with E-state index in [1.807, 2.05) is 32.6 Å². The van der Waals surface area contributed by atoms with Crippen molar-refractivity contribution in [3.05, 3.63) is 68.8 Å². The van der Waals surface area contributed by atoms with Crippen molar-refractivity contribution in [3.63, 3.8) is 0 Å². The van der Waals surface area contributed by atoms with Gasteiger partial charge in [-0.25, -0.2) is 0 Å². The number of hydrogen-bond donors (Lipinski definition) is 1. The van der Waals surface area contributed by atoms with E-state index in [2.05, 4.69) is 38.1 Å². The van der Waals surface area contributed by atoms with Crippen LogP contribution in [0.4, 0.5) is 0 Å². The van der Waals surface area contributed by atoms with E-state index in [1.165, 1.54) is 0 Å². The normalized spacial score (nSPS) is 15.3. The molecule has 3 rings (SSSR count). The van der Waals surface area contributed by atoms with E-state index in [9.17, 15) is 9.90 Å². The fourth-order valence-electron chi connectivity index (χ4n) is 4.83. The van der Waals surface area contributed by atoms with Crippen LogP contribution in [0.25, 0.3) is 11.3 Å². The molecule has 1 aliphatic heterocycles. The summed E-state index contributed by atoms with van der Waals surface area (Å²) >= 11 is 0. The molecule has 2 aromatic rings. The van der Waals surface area contributed by atoms with E-state index in [-0.39, 0.29) is 11.7 Å². The summed E-state index contributed by atoms with van der Waals surface area (Å²) in [6.45, 7) is 13.7. The number of aliphatic hydroxyl groups is 1. The molecule has 0 aliphatic carbocycles. The van der Waals surface area contributed by atoms with Crippen LogP contribution in [0, 0.1) is 41.5 Å². The van der Waals surface area contributed by atoms with Gasteiger partial charge in [-0.05, 0) is 88.6 Å². The van der Waals surface area contributed by atoms with Crippen LogP contribution >= 0.6 is 0 Å². The van der Waals surface area contributed by atoms with Crippen molar-refractivity contribution >= 4 is 17.2 Å². The molecule has 0 unspecified atom stereocenters. The van der Waals surface area contributed by atoms with Crippen LogP contribution in [0.5, 0.6) is 0 Å². The third-order valence-electron chi connectivity index (χ3n) is 5.93. The van der Waals surface area contributed by atoms with Gasteiger partial charge in [0.2, 0.25) is 0 Å². The number of aryl methyl sites for hydroxylation is 6. The lowest BCUT2D eigenvalue weighted by Gasteiger charge is -2.29. The molecule has 0 radical (unpaired) electrons. The van der Waals surface area contributed by atoms with E-state index in [4.69, 9.17) is 0 Å². The van der Waals surface area contributed by atoms with Crippen molar-refractivity contribution in [2.75, 3.05) is 13.1 Å². The number of carbonyl (C=O) groups excluding carboxylic acids is 1. The second-order valence-corrected chi connectivity index (χ2v) is 8.62. The molecule has 0 saturated carbocycles. The molecule has 0 spiro atoms. The number of aliphatic hydroxyl groups excluding tert-OH is 1. The molecule has 29 heavy (non-hydrogen) atoms. The smallest absolute Gasteiger partial charge is 0.258 e. The second kappa shape index (κ2) is 8.44. The maximum Gasteiger partial charge on any atom is 0.258 e. The first kappa shape index (κ1) is 21.2. The number of rotatable bonds is 3. The van der Waals surface area contributed by atoms with E-state index < -0.39 is 0 Å². The second-order valence-electron chi connectivity index (χ2n) is 8.62. The Labute approximate surface area is 175 Å². The third-order valence-corrected chi connectivity index (χ3v) is 5.93. The van der Waals surface area contributed by atoms with Gasteiger partial charge < -0.3 is 10.0 Å². The van der Waals surface area contributed by atoms with E-state index in [0.717, 1.165) is 76.9 Å². The van der Waals surface area contributed by atoms with Gasteiger partial charge in [-0.15, -0.1) is 0 Å². The highest BCUT2D eigenvalue weighted by Gasteiger charge is 2.28. The van der Waals surface area contributed by atoms with Gasteiger partial charge in [-0.3, -0.25) is 4.79 Å². The molecule has 3 nitrogen and oxygen atoms in total. The average molecular weight is 392 g/mol. The molecule has 1 N–H and O–H groups in total. The molecule has 3 heteroatoms. The lowest BCUT2D eigenvalue weighted by molar-refractivity contribution is -0.125. The van der Waals surface area contributed by atoms with Gasteiger partial charge in [0, 0.05) is 18.7 Å². The van der Waals surface area contributed by atoms with Crippen LogP contribution in [0.3, 0.4) is 0 Å². The predicted octanol–water partition coefficient (Wildman–Crippen LogP) is 5.98. The molecule has 1 heterocycles. The van der Waals surface area contributed by atoms with Gasteiger partial charge in [0.1, 0.15) is 5.76 Å². The summed E-state index contributed by atoms with van der Waals surface area (Å²) in [5.41, 5.74) is 8.43. The fraction of sp³-hybridized carbons (Fsp3) is 0.423. The summed E-state index contributed by atoms with van der Waals surface area (Å²) in [6.07, 6.45) is 3.20. The average Bonchev–Trinajstić information content (AvgIpc) is 2.63. The van der Waals surface area contributed by atoms with Crippen LogP contribution in [0.15, 0.2) is 24.3 Å². The van der Waals surface area contributed by atoms with Gasteiger partial charge in [-0.1, -0.05) is 35.4 Å². The number of hydrogen-bond acceptors (Lipinski definition) is 2. The Hall–Kier alpha value is -2.55. The quantitative estimate of drug-likeness (QED) is 0.397. The topological polar surface area (TPSA) is 40.5 Å². The summed E-state index contributed by atoms with van der Waals surface area (Å²) < 4.78 is 0. The molecule has 0 bridgehead atoms. The van der Waals surface area contributed by atoms with Crippen molar-refractivity contribution in [3.8, 4) is 0 Å². The SMILES string of the molecule is Cc1cc(C)c(/C(O)=C(\C(=O)N2CCCCC2)c2c(C)cc(C)cc2C)c(C)c1. The standard InChI is InChI=1S/C26H33NO2/c1-16-12-18(3)22(19(4)13-16)24(26(29)27-10-8-7-9-11-27)25(28)23-20(5)14-17(2)15-21(23)6/h12-15,28H,7-11H2,1-6H3/b25-24+. The number of carbonyl (C=O) groups is 1. The summed E-state index contributed by atoms with van der Waals surface area (Å²) in [6, 6.07) is 8.31. The molecule has 1 aliphatic rings. The summed E-state index contributed by atoms with van der Waals surface area (Å²) in [7, 11) is 0. The fourth-order valence-corrected chi connectivity index (χ4v) is 4.83. The Morgan fingerprint density at radius 3 is 1.59 bits per heavy atom. The lowest BCUT2D eigenvalue weighted by atomic mass is 9.88. The minimum Gasteiger partial charge on any atom is -0.506 e. The first-order chi connectivity index (χ1) is 13.7. The van der Waals surface area contributed by atoms with Crippen molar-refractivity contribution in [1.82, 2.24) is 4.90 Å². The molecular weight excluding hydrogens is 358 g/mol. The molecule has 2 aromatic carbocycles. The Kier molecular flexibility index (Phi) is 6.16. The van der Waals surface area contributed by atoms with Crippen LogP contribution in [0.1, 0.15) is 63.8 Å². The molecule has 1 amide bonds. The largest absolute Gasteiger partial charge is 0.506 e. The lowest BCUT2D eigenvalue weighted by Crippen LogP contribution is -2.36. The number of likely N-dealkylation sites (tertiary alicyclic amines) is 1. The minimum absolute atomic E-state index is 0.0587. The van der Waals surface area contributed by atoms with Gasteiger partial charge >= 0.3 is 0 Å². The maximum absolute atomic E-state index is 13.7. The molecule has 154 valence electrons. The van der Waals surface area contributed by atoms with Crippen LogP contribution < -0.4 is 0 Å². The summed E-state index contributed by atoms with van der Waals surface area (Å²) in [4.78, 5) is 15.6. The van der Waals surface area contributed by atoms with E-state index >= 15 is 0 Å². The van der Waals surface area contributed by atoms with Gasteiger partial charge in [0.25, 0.3) is 5.91 Å². The Morgan fingerprint density at radius 2 is 1.14 bits per heavy atom. The number of nitrogens with zero attached hydrogens (tertiary/aromatic N) is 1. The predicted molar refractivity (Wildman–Crippen MR) is 121 cm³/mol. The highest BCUT2D eigenvalue weighted by atomic mass is 16.3. The maximum atomic E-state index is 13.7. The van der Waals surface area contributed by atoms with Crippen molar-refractivity contribution in [1.29, 1.82) is 0 Å². The van der Waals surface area contributed by atoms with Crippen LogP contribution in [0.2, 0.25) is 0 Å². The third kappa shape index (κ3) is 4.24. The zero-order valence-electron chi connectivity index (χ0n) is 18.6. The van der Waals surface area contributed by atoms with Crippen molar-refractivity contribution < 1.29 is 9.90 Å². The first-order valence-electron chi connectivity index (χ1n) is 10.6. The van der Waals surface area contributed by atoms with Crippen LogP contribution in [-0.2, 0) is 4.79 Å². The molecular formula is C26H33NO2. The Balaban J connectivity index is 2.29. The van der Waals surface area contributed by atoms with Gasteiger partial charge in [0.05, 0.1) is 5.57 Å². The van der Waals surface area contributed by atoms with Crippen LogP contribution in [-0.4, -0.2) is 29.0 Å². The minimum atomic E-state index is -0.0587. The number of piperidine rings is 1. The zero-order valence-corrected chi connectivity index (χ0v) is 18.6. The van der Waals surface area contributed by atoms with E-state index in [0.29, 0.717) is 5.57 Å². The number of benzene rings is 2. The molecule has 0 aromatic heterocycles. The molecule has 1 saturated heterocycles. The highest BCUT2D eigenvalue weighted by molar-refractivity contribution is 6.26. The summed E-state index contributed by atoms with van der Waals surface area (Å²) in [5, 5.41) is 11.5. The molecule has 1 fully saturated rings. The monoisotopic (exact) mass is 391 g/mol. The Bertz CT molecular complexity index is 932. The van der Waals surface area contributed by atoms with Gasteiger partial charge in [0.15, 0.2) is 0 Å². The highest BCUT2D eigenvalue weighted by Crippen LogP contribution is 2.35. The number of amides is 1. The summed E-state index contributed by atoms with van der Waals surface area (Å²) in [5.74, 6) is 0.0438. The van der Waals surface area contributed by atoms with Crippen molar-refractivity contribution in [2.45, 2.75) is 60.8 Å². The Morgan fingerprint density at radius 1 is 0.724 bits per heavy atom. The van der Waals surface area contributed by atoms with Gasteiger partial charge in [-0.2, -0.15) is 0 Å². The first-order valence-corrected chi connectivity index (χ1v) is 10.6.